The number of nitrogens with zero attached hydrogens (tertiary/aromatic N) is 1. The number of rotatable bonds is 3. The average molecular weight is 295 g/mol. The molecule has 0 spiro atoms. The van der Waals surface area contributed by atoms with Crippen LogP contribution < -0.4 is 5.32 Å². The number of benzene rings is 1. The van der Waals surface area contributed by atoms with Crippen molar-refractivity contribution in [2.45, 2.75) is 6.92 Å². The number of oxime groups is 1. The molecule has 0 aliphatic carbocycles. The Labute approximate surface area is 119 Å². The van der Waals surface area contributed by atoms with Crippen LogP contribution >= 0.6 is 22.9 Å². The Bertz CT molecular complexity index is 596. The number of thiophene rings is 1. The molecular weight excluding hydrogens is 284 g/mol. The van der Waals surface area contributed by atoms with Gasteiger partial charge in [0.05, 0.1) is 21.3 Å². The van der Waals surface area contributed by atoms with Gasteiger partial charge in [0.2, 0.25) is 0 Å². The zero-order valence-corrected chi connectivity index (χ0v) is 11.7. The topological polar surface area (TPSA) is 50.7 Å². The van der Waals surface area contributed by atoms with Gasteiger partial charge in [-0.15, -0.1) is 11.3 Å². The van der Waals surface area contributed by atoms with Gasteiger partial charge in [-0.2, -0.15) is 0 Å². The molecule has 0 unspecified atom stereocenters. The third-order valence-corrected chi connectivity index (χ3v) is 3.56. The number of halogens is 1. The Balaban J connectivity index is 1.96. The first-order valence-electron chi connectivity index (χ1n) is 5.48. The summed E-state index contributed by atoms with van der Waals surface area (Å²) in [5.74, 6) is 0. The number of hydrogen-bond donors (Lipinski definition) is 1. The molecule has 2 rings (SSSR count). The molecule has 0 fully saturated rings. The molecule has 0 bridgehead atoms. The van der Waals surface area contributed by atoms with Crippen molar-refractivity contribution in [3.05, 3.63) is 51.7 Å². The highest BCUT2D eigenvalue weighted by Gasteiger charge is 2.06. The molecule has 0 aliphatic rings. The highest BCUT2D eigenvalue weighted by molar-refractivity contribution is 7.12. The maximum absolute atomic E-state index is 11.5. The Morgan fingerprint density at radius 1 is 1.32 bits per heavy atom. The van der Waals surface area contributed by atoms with Crippen molar-refractivity contribution in [2.75, 3.05) is 5.32 Å². The number of carbonyl (C=O) groups excluding carboxylic acids is 1. The third kappa shape index (κ3) is 3.81. The van der Waals surface area contributed by atoms with Gasteiger partial charge in [-0.1, -0.05) is 35.0 Å². The summed E-state index contributed by atoms with van der Waals surface area (Å²) in [5.41, 5.74) is 1.13. The summed E-state index contributed by atoms with van der Waals surface area (Å²) in [6.07, 6.45) is -0.677. The van der Waals surface area contributed by atoms with Crippen LogP contribution in [0.3, 0.4) is 0 Å². The zero-order valence-electron chi connectivity index (χ0n) is 10.1. The van der Waals surface area contributed by atoms with Crippen molar-refractivity contribution < 1.29 is 9.63 Å². The lowest BCUT2D eigenvalue weighted by molar-refractivity contribution is 0.166. The minimum absolute atomic E-state index is 0.443. The number of anilines is 1. The molecule has 0 radical (unpaired) electrons. The van der Waals surface area contributed by atoms with Gasteiger partial charge in [0, 0.05) is 0 Å². The Kier molecular flexibility index (Phi) is 4.54. The second-order valence-electron chi connectivity index (χ2n) is 3.64. The molecular formula is C13H11ClN2O2S. The predicted molar refractivity (Wildman–Crippen MR) is 78.1 cm³/mol. The van der Waals surface area contributed by atoms with E-state index < -0.39 is 6.09 Å². The van der Waals surface area contributed by atoms with Crippen LogP contribution in [0.2, 0.25) is 5.02 Å². The van der Waals surface area contributed by atoms with Crippen LogP contribution in [-0.2, 0) is 4.84 Å². The van der Waals surface area contributed by atoms with Crippen molar-refractivity contribution in [3.63, 3.8) is 0 Å². The van der Waals surface area contributed by atoms with E-state index in [-0.39, 0.29) is 0 Å². The van der Waals surface area contributed by atoms with E-state index in [1.807, 2.05) is 17.5 Å². The van der Waals surface area contributed by atoms with E-state index in [0.717, 1.165) is 4.88 Å². The highest BCUT2D eigenvalue weighted by atomic mass is 35.5. The molecule has 98 valence electrons. The predicted octanol–water partition coefficient (Wildman–Crippen LogP) is 4.37. The largest absolute Gasteiger partial charge is 0.437 e. The van der Waals surface area contributed by atoms with Crippen LogP contribution in [-0.4, -0.2) is 11.8 Å². The van der Waals surface area contributed by atoms with E-state index in [2.05, 4.69) is 10.5 Å². The van der Waals surface area contributed by atoms with Crippen molar-refractivity contribution in [1.82, 2.24) is 0 Å². The molecule has 6 heteroatoms. The van der Waals surface area contributed by atoms with Crippen molar-refractivity contribution in [2.24, 2.45) is 5.16 Å². The Morgan fingerprint density at radius 2 is 2.11 bits per heavy atom. The molecule has 0 atom stereocenters. The van der Waals surface area contributed by atoms with Gasteiger partial charge >= 0.3 is 6.09 Å². The van der Waals surface area contributed by atoms with Crippen LogP contribution in [0.15, 0.2) is 46.9 Å². The maximum atomic E-state index is 11.5. The van der Waals surface area contributed by atoms with Crippen molar-refractivity contribution in [3.8, 4) is 0 Å². The summed E-state index contributed by atoms with van der Waals surface area (Å²) in [5, 5.41) is 8.65. The first kappa shape index (κ1) is 13.6. The van der Waals surface area contributed by atoms with E-state index >= 15 is 0 Å². The van der Waals surface area contributed by atoms with Gasteiger partial charge in [-0.3, -0.25) is 10.2 Å². The van der Waals surface area contributed by atoms with Gasteiger partial charge < -0.3 is 0 Å². The van der Waals surface area contributed by atoms with E-state index in [0.29, 0.717) is 16.4 Å². The number of hydrogen-bond acceptors (Lipinski definition) is 4. The van der Waals surface area contributed by atoms with Crippen molar-refractivity contribution >= 4 is 40.4 Å². The van der Waals surface area contributed by atoms with E-state index in [9.17, 15) is 4.79 Å². The summed E-state index contributed by atoms with van der Waals surface area (Å²) in [7, 11) is 0. The number of amides is 1. The van der Waals surface area contributed by atoms with Crippen LogP contribution in [0.1, 0.15) is 11.8 Å². The van der Waals surface area contributed by atoms with Crippen LogP contribution in [0.25, 0.3) is 0 Å². The molecule has 0 saturated heterocycles. The number of nitrogens with one attached hydrogen (secondary N) is 1. The first-order valence-corrected chi connectivity index (χ1v) is 6.73. The zero-order chi connectivity index (χ0) is 13.7. The Morgan fingerprint density at radius 3 is 2.79 bits per heavy atom. The SMILES string of the molecule is CC(=NOC(=O)Nc1ccccc1Cl)c1cccs1. The van der Waals surface area contributed by atoms with Gasteiger partial charge in [-0.05, 0) is 30.5 Å². The molecule has 1 heterocycles. The van der Waals surface area contributed by atoms with Crippen LogP contribution in [0.5, 0.6) is 0 Å². The standard InChI is InChI=1S/C13H11ClN2O2S/c1-9(12-7-4-8-19-12)16-18-13(17)15-11-6-3-2-5-10(11)14/h2-8H,1H3,(H,15,17). The molecule has 4 nitrogen and oxygen atoms in total. The lowest BCUT2D eigenvalue weighted by Gasteiger charge is -2.04. The molecule has 2 aromatic rings. The molecule has 1 amide bonds. The third-order valence-electron chi connectivity index (χ3n) is 2.25. The Hall–Kier alpha value is -1.85. The number of para-hydroxylation sites is 1. The van der Waals surface area contributed by atoms with Gasteiger partial charge in [0.1, 0.15) is 0 Å². The van der Waals surface area contributed by atoms with Gasteiger partial charge in [-0.25, -0.2) is 4.79 Å². The minimum atomic E-state index is -0.677. The summed E-state index contributed by atoms with van der Waals surface area (Å²) in [6, 6.07) is 10.7. The number of carbonyl (C=O) groups is 1. The fourth-order valence-electron chi connectivity index (χ4n) is 1.33. The molecule has 0 aliphatic heterocycles. The fraction of sp³-hybridized carbons (Fsp3) is 0.0769. The smallest absolute Gasteiger partial charge is 0.297 e. The van der Waals surface area contributed by atoms with Gasteiger partial charge in [0.15, 0.2) is 0 Å². The normalized spacial score (nSPS) is 11.2. The van der Waals surface area contributed by atoms with Crippen LogP contribution in [0.4, 0.5) is 10.5 Å². The van der Waals surface area contributed by atoms with Crippen molar-refractivity contribution in [1.29, 1.82) is 0 Å². The summed E-state index contributed by atoms with van der Waals surface area (Å²) in [4.78, 5) is 17.3. The lowest BCUT2D eigenvalue weighted by atomic mass is 10.3. The molecule has 1 N–H and O–H groups in total. The summed E-state index contributed by atoms with van der Waals surface area (Å²) in [6.45, 7) is 1.77. The second kappa shape index (κ2) is 6.36. The molecule has 19 heavy (non-hydrogen) atoms. The average Bonchev–Trinajstić information content (AvgIpc) is 2.93. The highest BCUT2D eigenvalue weighted by Crippen LogP contribution is 2.20. The quantitative estimate of drug-likeness (QED) is 0.519. The summed E-state index contributed by atoms with van der Waals surface area (Å²) >= 11 is 7.43. The minimum Gasteiger partial charge on any atom is -0.297 e. The van der Waals surface area contributed by atoms with E-state index in [1.54, 1.807) is 31.2 Å². The van der Waals surface area contributed by atoms with E-state index in [1.165, 1.54) is 11.3 Å². The second-order valence-corrected chi connectivity index (χ2v) is 4.99. The molecule has 1 aromatic carbocycles. The monoisotopic (exact) mass is 294 g/mol. The maximum Gasteiger partial charge on any atom is 0.437 e. The first-order chi connectivity index (χ1) is 9.16. The van der Waals surface area contributed by atoms with Gasteiger partial charge in [0.25, 0.3) is 0 Å². The fourth-order valence-corrected chi connectivity index (χ4v) is 2.19. The van der Waals surface area contributed by atoms with Crippen LogP contribution in [0, 0.1) is 0 Å². The molecule has 0 saturated carbocycles. The lowest BCUT2D eigenvalue weighted by Crippen LogP contribution is -2.12. The summed E-state index contributed by atoms with van der Waals surface area (Å²) < 4.78 is 0. The molecule has 1 aromatic heterocycles. The van der Waals surface area contributed by atoms with E-state index in [4.69, 9.17) is 16.4 Å².